The zero-order valence-corrected chi connectivity index (χ0v) is 27.2. The molecule has 1 aliphatic heterocycles. The Morgan fingerprint density at radius 1 is 0.812 bits per heavy atom. The van der Waals surface area contributed by atoms with Gasteiger partial charge in [-0.3, -0.25) is 4.57 Å². The van der Waals surface area contributed by atoms with Gasteiger partial charge in [0.05, 0.1) is 33.3 Å². The van der Waals surface area contributed by atoms with Crippen molar-refractivity contribution in [3.8, 4) is 17.2 Å². The molecule has 244 valence electrons. The van der Waals surface area contributed by atoms with E-state index in [1.165, 1.54) is 18.1 Å². The van der Waals surface area contributed by atoms with E-state index < -0.39 is 24.0 Å². The number of imidazole rings is 1. The number of rotatable bonds is 11. The summed E-state index contributed by atoms with van der Waals surface area (Å²) in [5, 5.41) is 21.6. The van der Waals surface area contributed by atoms with Crippen LogP contribution >= 0.6 is 11.8 Å². The third kappa shape index (κ3) is 6.09. The number of benzene rings is 4. The average molecular weight is 663 g/mol. The summed E-state index contributed by atoms with van der Waals surface area (Å²) in [6.07, 6.45) is 1.53. The minimum atomic E-state index is -1.05. The number of ether oxygens (including phenoxy) is 4. The molecule has 3 heterocycles. The number of fused-ring (bicyclic) bond motifs is 1. The van der Waals surface area contributed by atoms with Crippen molar-refractivity contribution in [3.05, 3.63) is 132 Å². The highest BCUT2D eigenvalue weighted by Crippen LogP contribution is 2.43. The third-order valence-corrected chi connectivity index (χ3v) is 9.53. The first kappa shape index (κ1) is 31.6. The molecule has 0 aliphatic carbocycles. The zero-order chi connectivity index (χ0) is 33.1. The predicted octanol–water partition coefficient (Wildman–Crippen LogP) is 6.36. The lowest BCUT2D eigenvalue weighted by Crippen LogP contribution is -2.38. The van der Waals surface area contributed by atoms with Crippen molar-refractivity contribution in [2.75, 3.05) is 20.8 Å². The van der Waals surface area contributed by atoms with E-state index in [0.717, 1.165) is 33.1 Å². The number of methoxy groups -OCH3 is 2. The molecule has 11 heteroatoms. The van der Waals surface area contributed by atoms with E-state index in [0.29, 0.717) is 22.6 Å². The summed E-state index contributed by atoms with van der Waals surface area (Å²) in [4.78, 5) is 14.5. The summed E-state index contributed by atoms with van der Waals surface area (Å²) in [5.41, 5.74) is 2.87. The molecule has 0 spiro atoms. The van der Waals surface area contributed by atoms with Gasteiger partial charge in [-0.2, -0.15) is 0 Å². The molecule has 0 bridgehead atoms. The number of aliphatic hydroxyl groups excluding tert-OH is 1. The topological polar surface area (TPSA) is 121 Å². The minimum Gasteiger partial charge on any atom is -0.508 e. The molecule has 6 aromatic rings. The number of nitrogens with zero attached hydrogens (tertiary/aromatic N) is 4. The van der Waals surface area contributed by atoms with Crippen LogP contribution < -0.4 is 9.47 Å². The van der Waals surface area contributed by atoms with Gasteiger partial charge in [0.15, 0.2) is 5.65 Å². The molecule has 7 rings (SSSR count). The minimum absolute atomic E-state index is 0.0915. The Labute approximate surface area is 281 Å². The van der Waals surface area contributed by atoms with Gasteiger partial charge < -0.3 is 29.2 Å². The molecule has 2 aromatic heterocycles. The smallest absolute Gasteiger partial charge is 0.166 e. The Bertz CT molecular complexity index is 1920. The molecule has 1 saturated heterocycles. The maximum atomic E-state index is 11.3. The number of phenols is 1. The van der Waals surface area contributed by atoms with Gasteiger partial charge in [-0.25, -0.2) is 15.0 Å². The van der Waals surface area contributed by atoms with Crippen LogP contribution in [0.3, 0.4) is 0 Å². The van der Waals surface area contributed by atoms with Gasteiger partial charge >= 0.3 is 0 Å². The lowest BCUT2D eigenvalue weighted by molar-refractivity contribution is -0.0931. The van der Waals surface area contributed by atoms with E-state index >= 15 is 0 Å². The highest BCUT2D eigenvalue weighted by atomic mass is 32.2. The summed E-state index contributed by atoms with van der Waals surface area (Å²) in [6.45, 7) is 0.0915. The van der Waals surface area contributed by atoms with Gasteiger partial charge in [0, 0.05) is 11.3 Å². The molecular formula is C37H34N4O6S. The predicted molar refractivity (Wildman–Crippen MR) is 180 cm³/mol. The third-order valence-electron chi connectivity index (χ3n) is 8.53. The number of aliphatic hydroxyl groups is 1. The zero-order valence-electron chi connectivity index (χ0n) is 26.3. The SMILES string of the molecule is COc1ccc(C(OC[C@H]2O[C@@H](n3cnc4c(Sc5ccc(O)cc5)ncnc43)C[C@@H]2O)(c2ccccc2)c2ccc(OC)cc2)cc1. The van der Waals surface area contributed by atoms with Gasteiger partial charge in [0.25, 0.3) is 0 Å². The molecule has 0 radical (unpaired) electrons. The van der Waals surface area contributed by atoms with Crippen LogP contribution in [0.2, 0.25) is 0 Å². The van der Waals surface area contributed by atoms with E-state index in [2.05, 4.69) is 15.0 Å². The molecule has 1 fully saturated rings. The Kier molecular flexibility index (Phi) is 9.00. The van der Waals surface area contributed by atoms with Crippen LogP contribution in [0.5, 0.6) is 17.2 Å². The Morgan fingerprint density at radius 3 is 2.06 bits per heavy atom. The normalized spacial score (nSPS) is 17.9. The number of aromatic nitrogens is 4. The maximum Gasteiger partial charge on any atom is 0.166 e. The van der Waals surface area contributed by atoms with Gasteiger partial charge in [-0.1, -0.05) is 66.4 Å². The Morgan fingerprint density at radius 2 is 1.44 bits per heavy atom. The van der Waals surface area contributed by atoms with E-state index in [1.54, 1.807) is 32.7 Å². The van der Waals surface area contributed by atoms with E-state index in [4.69, 9.17) is 18.9 Å². The average Bonchev–Trinajstić information content (AvgIpc) is 3.74. The molecule has 4 aromatic carbocycles. The lowest BCUT2D eigenvalue weighted by atomic mass is 9.80. The first-order valence-electron chi connectivity index (χ1n) is 15.4. The molecule has 1 aliphatic rings. The summed E-state index contributed by atoms with van der Waals surface area (Å²) < 4.78 is 26.2. The molecule has 2 N–H and O–H groups in total. The second kappa shape index (κ2) is 13.7. The van der Waals surface area contributed by atoms with Crippen molar-refractivity contribution in [3.63, 3.8) is 0 Å². The quantitative estimate of drug-likeness (QED) is 0.120. The summed E-state index contributed by atoms with van der Waals surface area (Å²) >= 11 is 1.43. The second-order valence-corrected chi connectivity index (χ2v) is 12.4. The van der Waals surface area contributed by atoms with Crippen molar-refractivity contribution < 1.29 is 29.2 Å². The maximum absolute atomic E-state index is 11.3. The van der Waals surface area contributed by atoms with E-state index in [9.17, 15) is 10.2 Å². The Balaban J connectivity index is 1.19. The number of aromatic hydroxyl groups is 1. The van der Waals surface area contributed by atoms with Gasteiger partial charge in [-0.15, -0.1) is 0 Å². The summed E-state index contributed by atoms with van der Waals surface area (Å²) in [6, 6.07) is 32.5. The molecular weight excluding hydrogens is 628 g/mol. The van der Waals surface area contributed by atoms with Crippen LogP contribution in [0, 0.1) is 0 Å². The molecule has 0 saturated carbocycles. The molecule has 48 heavy (non-hydrogen) atoms. The monoisotopic (exact) mass is 662 g/mol. The number of hydrogen-bond donors (Lipinski definition) is 2. The molecule has 0 amide bonds. The van der Waals surface area contributed by atoms with Gasteiger partial charge in [0.2, 0.25) is 0 Å². The molecule has 3 atom stereocenters. The molecule has 0 unspecified atom stereocenters. The van der Waals surface area contributed by atoms with Crippen molar-refractivity contribution in [1.82, 2.24) is 19.5 Å². The van der Waals surface area contributed by atoms with Crippen molar-refractivity contribution >= 4 is 22.9 Å². The number of hydrogen-bond acceptors (Lipinski definition) is 10. The fraction of sp³-hybridized carbons (Fsp3) is 0.216. The molecule has 10 nitrogen and oxygen atoms in total. The lowest BCUT2D eigenvalue weighted by Gasteiger charge is -2.37. The van der Waals surface area contributed by atoms with E-state index in [-0.39, 0.29) is 12.4 Å². The largest absolute Gasteiger partial charge is 0.508 e. The van der Waals surface area contributed by atoms with Crippen LogP contribution in [-0.4, -0.2) is 62.8 Å². The fourth-order valence-electron chi connectivity index (χ4n) is 6.06. The van der Waals surface area contributed by atoms with Crippen LogP contribution in [0.15, 0.2) is 126 Å². The van der Waals surface area contributed by atoms with Crippen molar-refractivity contribution in [1.29, 1.82) is 0 Å². The highest BCUT2D eigenvalue weighted by Gasteiger charge is 2.42. The Hall–Kier alpha value is -4.94. The van der Waals surface area contributed by atoms with Crippen LogP contribution in [0.4, 0.5) is 0 Å². The second-order valence-electron chi connectivity index (χ2n) is 11.3. The fourth-order valence-corrected chi connectivity index (χ4v) is 6.89. The van der Waals surface area contributed by atoms with Crippen LogP contribution in [0.1, 0.15) is 29.3 Å². The standard InChI is InChI=1S/C37H34N4O6S/c1-44-28-14-8-25(9-15-28)37(24-6-4-3-5-7-24,26-10-16-29(45-2)17-11-26)46-21-32-31(43)20-33(47-32)41-23-40-34-35(41)38-22-39-36(34)48-30-18-12-27(42)13-19-30/h3-19,22-23,31-33,42-43H,20-21H2,1-2H3/t31-,32+,33+/m0/s1. The summed E-state index contributed by atoms with van der Waals surface area (Å²) in [5.74, 6) is 1.66. The summed E-state index contributed by atoms with van der Waals surface area (Å²) in [7, 11) is 3.28. The van der Waals surface area contributed by atoms with Crippen LogP contribution in [-0.2, 0) is 15.1 Å². The van der Waals surface area contributed by atoms with Gasteiger partial charge in [0.1, 0.15) is 52.1 Å². The first-order valence-corrected chi connectivity index (χ1v) is 16.3. The first-order chi connectivity index (χ1) is 23.5. The van der Waals surface area contributed by atoms with Gasteiger partial charge in [-0.05, 0) is 65.2 Å². The van der Waals surface area contributed by atoms with Crippen LogP contribution in [0.25, 0.3) is 11.2 Å². The number of phenolic OH excluding ortho intramolecular Hbond substituents is 1. The highest BCUT2D eigenvalue weighted by molar-refractivity contribution is 7.99. The van der Waals surface area contributed by atoms with Crippen molar-refractivity contribution in [2.24, 2.45) is 0 Å². The van der Waals surface area contributed by atoms with E-state index in [1.807, 2.05) is 95.6 Å². The van der Waals surface area contributed by atoms with Crippen molar-refractivity contribution in [2.45, 2.75) is 40.4 Å².